The Bertz CT molecular complexity index is 1290. The van der Waals surface area contributed by atoms with Gasteiger partial charge in [-0.25, -0.2) is 9.07 Å². The lowest BCUT2D eigenvalue weighted by Crippen LogP contribution is -2.23. The molecule has 0 aliphatic carbocycles. The van der Waals surface area contributed by atoms with Gasteiger partial charge < -0.3 is 19.5 Å². The van der Waals surface area contributed by atoms with Gasteiger partial charge in [-0.15, -0.1) is 5.10 Å². The number of nitrogens with one attached hydrogen (secondary N) is 1. The minimum atomic E-state index is -0.335. The zero-order chi connectivity index (χ0) is 24.1. The zero-order valence-electron chi connectivity index (χ0n) is 18.8. The standard InChI is InChI=1S/C24H22FN5O4/c1-32-21-9-8-20(22(33-2)23(21)34-3)16-10-17(12-19(11-16)30-14-27-28-29-30)24(31)26-13-15-4-6-18(25)7-5-15/h4-12,14H,13H2,1-3H3,(H,26,31). The van der Waals surface area contributed by atoms with Crippen LogP contribution >= 0.6 is 0 Å². The van der Waals surface area contributed by atoms with Crippen molar-refractivity contribution in [1.82, 2.24) is 25.5 Å². The van der Waals surface area contributed by atoms with E-state index in [0.717, 1.165) is 5.56 Å². The van der Waals surface area contributed by atoms with Gasteiger partial charge in [0.15, 0.2) is 11.5 Å². The normalized spacial score (nSPS) is 10.6. The molecule has 3 aromatic carbocycles. The van der Waals surface area contributed by atoms with Crippen LogP contribution in [0.15, 0.2) is 60.9 Å². The molecule has 0 saturated carbocycles. The first-order valence-corrected chi connectivity index (χ1v) is 10.2. The van der Waals surface area contributed by atoms with Crippen LogP contribution in [0.2, 0.25) is 0 Å². The maximum atomic E-state index is 13.2. The Morgan fingerprint density at radius 3 is 2.38 bits per heavy atom. The van der Waals surface area contributed by atoms with E-state index >= 15 is 0 Å². The van der Waals surface area contributed by atoms with Gasteiger partial charge in [0.05, 0.1) is 27.0 Å². The summed E-state index contributed by atoms with van der Waals surface area (Å²) in [6.07, 6.45) is 1.44. The fourth-order valence-electron chi connectivity index (χ4n) is 3.52. The summed E-state index contributed by atoms with van der Waals surface area (Å²) >= 11 is 0. The number of ether oxygens (including phenoxy) is 3. The molecule has 0 atom stereocenters. The lowest BCUT2D eigenvalue weighted by molar-refractivity contribution is 0.0951. The van der Waals surface area contributed by atoms with Gasteiger partial charge in [-0.3, -0.25) is 4.79 Å². The van der Waals surface area contributed by atoms with E-state index in [4.69, 9.17) is 14.2 Å². The number of carbonyl (C=O) groups excluding carboxylic acids is 1. The van der Waals surface area contributed by atoms with Gasteiger partial charge in [0.25, 0.3) is 5.91 Å². The lowest BCUT2D eigenvalue weighted by atomic mass is 9.99. The number of hydrogen-bond acceptors (Lipinski definition) is 7. The summed E-state index contributed by atoms with van der Waals surface area (Å²) < 4.78 is 31.1. The Morgan fingerprint density at radius 2 is 1.74 bits per heavy atom. The number of aromatic nitrogens is 4. The second-order valence-corrected chi connectivity index (χ2v) is 7.21. The molecule has 34 heavy (non-hydrogen) atoms. The van der Waals surface area contributed by atoms with Crippen LogP contribution < -0.4 is 19.5 Å². The van der Waals surface area contributed by atoms with E-state index in [1.807, 2.05) is 12.1 Å². The summed E-state index contributed by atoms with van der Waals surface area (Å²) in [5, 5.41) is 14.2. The highest BCUT2D eigenvalue weighted by Gasteiger charge is 2.19. The van der Waals surface area contributed by atoms with Crippen molar-refractivity contribution in [2.75, 3.05) is 21.3 Å². The van der Waals surface area contributed by atoms with Gasteiger partial charge in [-0.05, 0) is 64.0 Å². The van der Waals surface area contributed by atoms with Crippen molar-refractivity contribution >= 4 is 5.91 Å². The van der Waals surface area contributed by atoms with Crippen molar-refractivity contribution in [2.24, 2.45) is 0 Å². The predicted molar refractivity (Wildman–Crippen MR) is 122 cm³/mol. The van der Waals surface area contributed by atoms with Gasteiger partial charge in [0.1, 0.15) is 12.1 Å². The Kier molecular flexibility index (Phi) is 6.67. The van der Waals surface area contributed by atoms with Crippen LogP contribution in [0, 0.1) is 5.82 Å². The quantitative estimate of drug-likeness (QED) is 0.427. The number of benzene rings is 3. The van der Waals surface area contributed by atoms with Crippen molar-refractivity contribution in [2.45, 2.75) is 6.54 Å². The van der Waals surface area contributed by atoms with E-state index in [1.54, 1.807) is 37.4 Å². The Morgan fingerprint density at radius 1 is 0.971 bits per heavy atom. The fourth-order valence-corrected chi connectivity index (χ4v) is 3.52. The van der Waals surface area contributed by atoms with Crippen molar-refractivity contribution in [3.05, 3.63) is 77.9 Å². The molecule has 1 amide bonds. The van der Waals surface area contributed by atoms with Crippen LogP contribution in [0.1, 0.15) is 15.9 Å². The third-order valence-electron chi connectivity index (χ3n) is 5.18. The number of tetrazole rings is 1. The van der Waals surface area contributed by atoms with Crippen LogP contribution in [0.25, 0.3) is 16.8 Å². The molecule has 174 valence electrons. The number of halogens is 1. The largest absolute Gasteiger partial charge is 0.493 e. The molecular weight excluding hydrogens is 441 g/mol. The number of methoxy groups -OCH3 is 3. The molecule has 1 N–H and O–H groups in total. The maximum absolute atomic E-state index is 13.2. The first-order valence-electron chi connectivity index (χ1n) is 10.2. The van der Waals surface area contributed by atoms with Crippen molar-refractivity contribution < 1.29 is 23.4 Å². The van der Waals surface area contributed by atoms with E-state index in [9.17, 15) is 9.18 Å². The molecule has 0 bridgehead atoms. The van der Waals surface area contributed by atoms with E-state index in [0.29, 0.717) is 39.6 Å². The highest BCUT2D eigenvalue weighted by molar-refractivity contribution is 5.96. The van der Waals surface area contributed by atoms with Crippen LogP contribution in [-0.2, 0) is 6.54 Å². The monoisotopic (exact) mass is 463 g/mol. The molecule has 4 aromatic rings. The Labute approximate surface area is 195 Å². The van der Waals surface area contributed by atoms with E-state index in [2.05, 4.69) is 20.8 Å². The molecule has 1 heterocycles. The summed E-state index contributed by atoms with van der Waals surface area (Å²) in [5.74, 6) is 0.737. The zero-order valence-corrected chi connectivity index (χ0v) is 18.8. The lowest BCUT2D eigenvalue weighted by Gasteiger charge is -2.17. The first-order chi connectivity index (χ1) is 16.5. The first kappa shape index (κ1) is 22.7. The number of amides is 1. The van der Waals surface area contributed by atoms with Gasteiger partial charge in [0.2, 0.25) is 5.75 Å². The molecule has 0 aliphatic heterocycles. The average molecular weight is 463 g/mol. The molecule has 10 heteroatoms. The van der Waals surface area contributed by atoms with Crippen molar-refractivity contribution in [3.63, 3.8) is 0 Å². The van der Waals surface area contributed by atoms with Gasteiger partial charge in [-0.2, -0.15) is 0 Å². The van der Waals surface area contributed by atoms with Crippen LogP contribution in [-0.4, -0.2) is 47.4 Å². The average Bonchev–Trinajstić information content (AvgIpc) is 3.42. The van der Waals surface area contributed by atoms with E-state index < -0.39 is 0 Å². The third-order valence-corrected chi connectivity index (χ3v) is 5.18. The van der Waals surface area contributed by atoms with Gasteiger partial charge in [-0.1, -0.05) is 12.1 Å². The van der Waals surface area contributed by atoms with E-state index in [-0.39, 0.29) is 18.3 Å². The maximum Gasteiger partial charge on any atom is 0.251 e. The van der Waals surface area contributed by atoms with Crippen LogP contribution in [0.3, 0.4) is 0 Å². The highest BCUT2D eigenvalue weighted by Crippen LogP contribution is 2.44. The molecule has 0 fully saturated rings. The Balaban J connectivity index is 1.75. The molecular formula is C24H22FN5O4. The number of rotatable bonds is 8. The molecule has 0 radical (unpaired) electrons. The van der Waals surface area contributed by atoms with Gasteiger partial charge >= 0.3 is 0 Å². The summed E-state index contributed by atoms with van der Waals surface area (Å²) in [6, 6.07) is 14.7. The summed E-state index contributed by atoms with van der Waals surface area (Å²) in [4.78, 5) is 13.0. The molecule has 1 aromatic heterocycles. The fraction of sp³-hybridized carbons (Fsp3) is 0.167. The number of nitrogens with zero attached hydrogens (tertiary/aromatic N) is 4. The van der Waals surface area contributed by atoms with Gasteiger partial charge in [0, 0.05) is 17.7 Å². The molecule has 0 aliphatic rings. The summed E-state index contributed by atoms with van der Waals surface area (Å²) in [7, 11) is 4.59. The predicted octanol–water partition coefficient (Wildman–Crippen LogP) is 3.42. The summed E-state index contributed by atoms with van der Waals surface area (Å²) in [6.45, 7) is 0.239. The number of carbonyl (C=O) groups is 1. The molecule has 9 nitrogen and oxygen atoms in total. The van der Waals surface area contributed by atoms with E-state index in [1.165, 1.54) is 37.4 Å². The minimum Gasteiger partial charge on any atom is -0.493 e. The molecule has 0 spiro atoms. The second-order valence-electron chi connectivity index (χ2n) is 7.21. The molecule has 0 saturated heterocycles. The molecule has 4 rings (SSSR count). The Hall–Kier alpha value is -4.47. The molecule has 0 unspecified atom stereocenters. The van der Waals surface area contributed by atoms with Crippen LogP contribution in [0.4, 0.5) is 4.39 Å². The SMILES string of the molecule is COc1ccc(-c2cc(C(=O)NCc3ccc(F)cc3)cc(-n3cnnn3)c2)c(OC)c1OC. The highest BCUT2D eigenvalue weighted by atomic mass is 19.1. The second kappa shape index (κ2) is 9.99. The van der Waals surface area contributed by atoms with Crippen LogP contribution in [0.5, 0.6) is 17.2 Å². The van der Waals surface area contributed by atoms with Crippen molar-refractivity contribution in [3.8, 4) is 34.1 Å². The summed E-state index contributed by atoms with van der Waals surface area (Å²) in [5.41, 5.74) is 3.08. The smallest absolute Gasteiger partial charge is 0.251 e. The topological polar surface area (TPSA) is 100 Å². The number of hydrogen-bond donors (Lipinski definition) is 1. The minimum absolute atomic E-state index is 0.239. The third kappa shape index (κ3) is 4.65. The van der Waals surface area contributed by atoms with Crippen molar-refractivity contribution in [1.29, 1.82) is 0 Å².